The Hall–Kier alpha value is -3.03. The molecule has 0 saturated carbocycles. The second kappa shape index (κ2) is 10.5. The summed E-state index contributed by atoms with van der Waals surface area (Å²) in [5.74, 6) is 0.848. The first-order chi connectivity index (χ1) is 16.4. The summed E-state index contributed by atoms with van der Waals surface area (Å²) >= 11 is 9.82. The normalized spacial score (nSPS) is 12.4. The highest BCUT2D eigenvalue weighted by Crippen LogP contribution is 2.26. The van der Waals surface area contributed by atoms with Gasteiger partial charge < -0.3 is 4.74 Å². The maximum absolute atomic E-state index is 13.2. The fraction of sp³-hybridized carbons (Fsp3) is 0.192. The molecular formula is C26H22BrClFN3O2. The van der Waals surface area contributed by atoms with Crippen LogP contribution in [0.2, 0.25) is 5.02 Å². The van der Waals surface area contributed by atoms with Crippen LogP contribution in [0, 0.1) is 5.82 Å². The van der Waals surface area contributed by atoms with E-state index in [1.54, 1.807) is 42.6 Å². The van der Waals surface area contributed by atoms with Crippen LogP contribution < -0.4 is 10.3 Å². The molecule has 1 heterocycles. The third kappa shape index (κ3) is 5.37. The molecule has 5 nitrogen and oxygen atoms in total. The Balaban J connectivity index is 1.62. The molecular weight excluding hydrogens is 521 g/mol. The molecule has 0 aliphatic carbocycles. The van der Waals surface area contributed by atoms with Gasteiger partial charge >= 0.3 is 0 Å². The zero-order valence-electron chi connectivity index (χ0n) is 18.6. The Morgan fingerprint density at radius 1 is 1.18 bits per heavy atom. The van der Waals surface area contributed by atoms with Gasteiger partial charge in [-0.05, 0) is 66.1 Å². The van der Waals surface area contributed by atoms with Crippen LogP contribution in [-0.4, -0.2) is 15.9 Å². The third-order valence-electron chi connectivity index (χ3n) is 5.47. The lowest BCUT2D eigenvalue weighted by Crippen LogP contribution is -2.23. The van der Waals surface area contributed by atoms with E-state index in [0.29, 0.717) is 33.1 Å². The van der Waals surface area contributed by atoms with Gasteiger partial charge in [-0.15, -0.1) is 0 Å². The number of halogens is 3. The minimum atomic E-state index is -0.296. The Morgan fingerprint density at radius 2 is 1.94 bits per heavy atom. The summed E-state index contributed by atoms with van der Waals surface area (Å²) < 4.78 is 21.0. The van der Waals surface area contributed by atoms with Crippen molar-refractivity contribution in [3.05, 3.63) is 103 Å². The highest BCUT2D eigenvalue weighted by Gasteiger charge is 2.15. The Labute approximate surface area is 210 Å². The van der Waals surface area contributed by atoms with Crippen molar-refractivity contribution in [3.8, 4) is 5.75 Å². The van der Waals surface area contributed by atoms with Gasteiger partial charge in [-0.2, -0.15) is 9.78 Å². The van der Waals surface area contributed by atoms with E-state index in [9.17, 15) is 9.18 Å². The molecule has 0 fully saturated rings. The van der Waals surface area contributed by atoms with Gasteiger partial charge in [-0.3, -0.25) is 4.79 Å². The summed E-state index contributed by atoms with van der Waals surface area (Å²) in [6.07, 6.45) is 2.39. The molecule has 8 heteroatoms. The van der Waals surface area contributed by atoms with E-state index < -0.39 is 0 Å². The molecule has 0 saturated heterocycles. The van der Waals surface area contributed by atoms with Crippen LogP contribution in [0.4, 0.5) is 4.39 Å². The highest BCUT2D eigenvalue weighted by molar-refractivity contribution is 9.10. The molecule has 1 aromatic heterocycles. The van der Waals surface area contributed by atoms with Gasteiger partial charge in [0.15, 0.2) is 0 Å². The topological polar surface area (TPSA) is 56.5 Å². The van der Waals surface area contributed by atoms with Crippen LogP contribution in [0.25, 0.3) is 10.9 Å². The molecule has 0 bridgehead atoms. The van der Waals surface area contributed by atoms with Crippen LogP contribution in [0.15, 0.2) is 75.0 Å². The minimum Gasteiger partial charge on any atom is -0.487 e. The minimum absolute atomic E-state index is 0.0451. The van der Waals surface area contributed by atoms with Crippen LogP contribution in [0.5, 0.6) is 5.75 Å². The van der Waals surface area contributed by atoms with E-state index in [1.165, 1.54) is 16.8 Å². The van der Waals surface area contributed by atoms with Crippen molar-refractivity contribution in [2.75, 3.05) is 0 Å². The number of hydrogen-bond acceptors (Lipinski definition) is 4. The van der Waals surface area contributed by atoms with E-state index in [0.717, 1.165) is 16.5 Å². The summed E-state index contributed by atoms with van der Waals surface area (Å²) in [5, 5.41) is 5.35. The number of rotatable bonds is 7. The van der Waals surface area contributed by atoms with Gasteiger partial charge in [0.05, 0.1) is 22.1 Å². The summed E-state index contributed by atoms with van der Waals surface area (Å²) in [7, 11) is 0. The molecule has 0 radical (unpaired) electrons. The SMILES string of the molecule is CC[C@@H](C)c1nc2ccc(Br)cc2c(=O)n1N=Cc1ccc(OCc2ccc(F)cc2)c(Cl)c1. The summed E-state index contributed by atoms with van der Waals surface area (Å²) in [6.45, 7) is 4.32. The fourth-order valence-electron chi connectivity index (χ4n) is 3.36. The number of aromatic nitrogens is 2. The zero-order chi connectivity index (χ0) is 24.2. The monoisotopic (exact) mass is 541 g/mol. The lowest BCUT2D eigenvalue weighted by Gasteiger charge is -2.14. The standard InChI is InChI=1S/C26H22BrClFN3O2/c1-3-16(2)25-31-23-10-7-19(27)13-21(23)26(33)32(25)30-14-18-6-11-24(22(28)12-18)34-15-17-4-8-20(29)9-5-17/h4-14,16H,3,15H2,1-2H3/t16-/m1/s1. The van der Waals surface area contributed by atoms with Crippen LogP contribution >= 0.6 is 27.5 Å². The van der Waals surface area contributed by atoms with Crippen LogP contribution in [0.3, 0.4) is 0 Å². The molecule has 4 rings (SSSR count). The first-order valence-corrected chi connectivity index (χ1v) is 12.0. The fourth-order valence-corrected chi connectivity index (χ4v) is 3.96. The lowest BCUT2D eigenvalue weighted by molar-refractivity contribution is 0.306. The van der Waals surface area contributed by atoms with E-state index in [4.69, 9.17) is 21.3 Å². The maximum atomic E-state index is 13.2. The van der Waals surface area contributed by atoms with Crippen molar-refractivity contribution >= 4 is 44.6 Å². The quantitative estimate of drug-likeness (QED) is 0.238. The number of benzene rings is 3. The Morgan fingerprint density at radius 3 is 2.65 bits per heavy atom. The first kappa shape index (κ1) is 24.1. The zero-order valence-corrected chi connectivity index (χ0v) is 21.0. The predicted octanol–water partition coefficient (Wildman–Crippen LogP) is 6.93. The third-order valence-corrected chi connectivity index (χ3v) is 6.26. The average molecular weight is 543 g/mol. The molecule has 0 spiro atoms. The molecule has 0 aliphatic heterocycles. The summed E-state index contributed by atoms with van der Waals surface area (Å²) in [6, 6.07) is 16.8. The smallest absolute Gasteiger partial charge is 0.282 e. The van der Waals surface area contributed by atoms with Gasteiger partial charge in [0, 0.05) is 10.4 Å². The number of nitrogens with zero attached hydrogens (tertiary/aromatic N) is 3. The van der Waals surface area contributed by atoms with E-state index in [2.05, 4.69) is 21.0 Å². The number of ether oxygens (including phenoxy) is 1. The second-order valence-electron chi connectivity index (χ2n) is 7.91. The molecule has 0 N–H and O–H groups in total. The van der Waals surface area contributed by atoms with E-state index >= 15 is 0 Å². The molecule has 3 aromatic carbocycles. The Kier molecular flexibility index (Phi) is 7.44. The molecule has 174 valence electrons. The summed E-state index contributed by atoms with van der Waals surface area (Å²) in [5.41, 5.74) is 1.94. The molecule has 0 aliphatic rings. The largest absolute Gasteiger partial charge is 0.487 e. The second-order valence-corrected chi connectivity index (χ2v) is 9.23. The van der Waals surface area contributed by atoms with Crippen molar-refractivity contribution in [2.45, 2.75) is 32.8 Å². The highest BCUT2D eigenvalue weighted by atomic mass is 79.9. The Bertz CT molecular complexity index is 1420. The number of hydrogen-bond donors (Lipinski definition) is 0. The van der Waals surface area contributed by atoms with Crippen molar-refractivity contribution in [2.24, 2.45) is 5.10 Å². The molecule has 0 amide bonds. The van der Waals surface area contributed by atoms with Gasteiger partial charge in [-0.1, -0.05) is 53.5 Å². The molecule has 1 atom stereocenters. The van der Waals surface area contributed by atoms with E-state index in [1.807, 2.05) is 26.0 Å². The van der Waals surface area contributed by atoms with E-state index in [-0.39, 0.29) is 23.9 Å². The van der Waals surface area contributed by atoms with Gasteiger partial charge in [-0.25, -0.2) is 9.37 Å². The van der Waals surface area contributed by atoms with Crippen LogP contribution in [-0.2, 0) is 6.61 Å². The molecule has 34 heavy (non-hydrogen) atoms. The first-order valence-electron chi connectivity index (χ1n) is 10.8. The van der Waals surface area contributed by atoms with Crippen molar-refractivity contribution in [3.63, 3.8) is 0 Å². The van der Waals surface area contributed by atoms with Gasteiger partial charge in [0.1, 0.15) is 24.0 Å². The van der Waals surface area contributed by atoms with Crippen molar-refractivity contribution in [1.82, 2.24) is 9.66 Å². The average Bonchev–Trinajstić information content (AvgIpc) is 2.83. The van der Waals surface area contributed by atoms with Gasteiger partial charge in [0.2, 0.25) is 0 Å². The van der Waals surface area contributed by atoms with Crippen molar-refractivity contribution < 1.29 is 9.13 Å². The van der Waals surface area contributed by atoms with Gasteiger partial charge in [0.25, 0.3) is 5.56 Å². The number of fused-ring (bicyclic) bond motifs is 1. The van der Waals surface area contributed by atoms with Crippen molar-refractivity contribution in [1.29, 1.82) is 0 Å². The summed E-state index contributed by atoms with van der Waals surface area (Å²) in [4.78, 5) is 17.9. The van der Waals surface area contributed by atoms with Crippen LogP contribution in [0.1, 0.15) is 43.1 Å². The maximum Gasteiger partial charge on any atom is 0.282 e. The molecule has 4 aromatic rings. The predicted molar refractivity (Wildman–Crippen MR) is 138 cm³/mol. The lowest BCUT2D eigenvalue weighted by atomic mass is 10.1. The molecule has 0 unspecified atom stereocenters.